The number of benzene rings is 1. The Morgan fingerprint density at radius 3 is 3.07 bits per heavy atom. The van der Waals surface area contributed by atoms with Gasteiger partial charge in [0, 0.05) is 12.0 Å². The van der Waals surface area contributed by atoms with E-state index in [-0.39, 0.29) is 0 Å². The molecule has 2 N–H and O–H groups in total. The molecule has 3 heteroatoms. The second kappa shape index (κ2) is 3.88. The average Bonchev–Trinajstić information content (AvgIpc) is 2.66. The molecule has 1 heterocycles. The maximum absolute atomic E-state index is 5.57. The standard InChI is InChI=1S/C11H15NO2/c1-13-10-6-8(2-4-12)11-9(7-10)3-5-14-11/h6-7H,2-5,12H2,1H3. The molecule has 0 aromatic heterocycles. The van der Waals surface area contributed by atoms with Gasteiger partial charge in [0.05, 0.1) is 13.7 Å². The molecule has 0 unspecified atom stereocenters. The Kier molecular flexibility index (Phi) is 2.59. The van der Waals surface area contributed by atoms with Crippen molar-refractivity contribution in [2.24, 2.45) is 5.73 Å². The molecule has 1 aliphatic rings. The van der Waals surface area contributed by atoms with Crippen LogP contribution in [0.15, 0.2) is 12.1 Å². The number of nitrogens with two attached hydrogens (primary N) is 1. The van der Waals surface area contributed by atoms with Gasteiger partial charge in [-0.1, -0.05) is 0 Å². The molecule has 0 aliphatic carbocycles. The Bertz CT molecular complexity index is 336. The molecule has 0 atom stereocenters. The van der Waals surface area contributed by atoms with Gasteiger partial charge >= 0.3 is 0 Å². The first-order valence-corrected chi connectivity index (χ1v) is 4.88. The average molecular weight is 193 g/mol. The molecule has 1 aliphatic heterocycles. The van der Waals surface area contributed by atoms with Gasteiger partial charge in [-0.15, -0.1) is 0 Å². The molecule has 76 valence electrons. The van der Waals surface area contributed by atoms with Crippen LogP contribution in [-0.4, -0.2) is 20.3 Å². The van der Waals surface area contributed by atoms with E-state index in [4.69, 9.17) is 15.2 Å². The van der Waals surface area contributed by atoms with Crippen LogP contribution >= 0.6 is 0 Å². The lowest BCUT2D eigenvalue weighted by molar-refractivity contribution is 0.353. The summed E-state index contributed by atoms with van der Waals surface area (Å²) in [6.07, 6.45) is 1.82. The number of fused-ring (bicyclic) bond motifs is 1. The van der Waals surface area contributed by atoms with Crippen LogP contribution in [0.4, 0.5) is 0 Å². The summed E-state index contributed by atoms with van der Waals surface area (Å²) in [6, 6.07) is 4.05. The van der Waals surface area contributed by atoms with Crippen LogP contribution in [0.2, 0.25) is 0 Å². The van der Waals surface area contributed by atoms with Crippen LogP contribution < -0.4 is 15.2 Å². The summed E-state index contributed by atoms with van der Waals surface area (Å²) in [7, 11) is 1.68. The fourth-order valence-corrected chi connectivity index (χ4v) is 1.82. The molecule has 3 nitrogen and oxygen atoms in total. The second-order valence-corrected chi connectivity index (χ2v) is 3.41. The summed E-state index contributed by atoms with van der Waals surface area (Å²) < 4.78 is 10.8. The van der Waals surface area contributed by atoms with Gasteiger partial charge in [0.15, 0.2) is 0 Å². The van der Waals surface area contributed by atoms with E-state index in [1.807, 2.05) is 12.1 Å². The summed E-state index contributed by atoms with van der Waals surface area (Å²) in [6.45, 7) is 1.42. The number of ether oxygens (including phenoxy) is 2. The lowest BCUT2D eigenvalue weighted by atomic mass is 10.0. The van der Waals surface area contributed by atoms with Crippen molar-refractivity contribution in [3.05, 3.63) is 23.3 Å². The van der Waals surface area contributed by atoms with Crippen molar-refractivity contribution in [2.45, 2.75) is 12.8 Å². The molecule has 1 aromatic rings. The first kappa shape index (κ1) is 9.34. The minimum Gasteiger partial charge on any atom is -0.497 e. The SMILES string of the molecule is COc1cc(CCN)c2c(c1)CCO2. The Balaban J connectivity index is 2.41. The van der Waals surface area contributed by atoms with Crippen molar-refractivity contribution in [3.8, 4) is 11.5 Å². The van der Waals surface area contributed by atoms with Crippen molar-refractivity contribution < 1.29 is 9.47 Å². The Hall–Kier alpha value is -1.22. The minimum atomic E-state index is 0.642. The number of rotatable bonds is 3. The van der Waals surface area contributed by atoms with Crippen LogP contribution in [0.3, 0.4) is 0 Å². The summed E-state index contributed by atoms with van der Waals surface area (Å²) in [4.78, 5) is 0. The zero-order valence-electron chi connectivity index (χ0n) is 8.38. The molecule has 0 spiro atoms. The highest BCUT2D eigenvalue weighted by Crippen LogP contribution is 2.33. The van der Waals surface area contributed by atoms with Crippen LogP contribution in [0.1, 0.15) is 11.1 Å². The van der Waals surface area contributed by atoms with Gasteiger partial charge in [-0.25, -0.2) is 0 Å². The van der Waals surface area contributed by atoms with E-state index >= 15 is 0 Å². The third-order valence-electron chi connectivity index (χ3n) is 2.48. The molecule has 0 saturated carbocycles. The quantitative estimate of drug-likeness (QED) is 0.782. The van der Waals surface area contributed by atoms with E-state index < -0.39 is 0 Å². The molecule has 1 aromatic carbocycles. The molecular weight excluding hydrogens is 178 g/mol. The summed E-state index contributed by atoms with van der Waals surface area (Å²) in [5, 5.41) is 0. The van der Waals surface area contributed by atoms with Crippen molar-refractivity contribution >= 4 is 0 Å². The Labute approximate surface area is 83.8 Å². The van der Waals surface area contributed by atoms with Crippen LogP contribution in [0.5, 0.6) is 11.5 Å². The van der Waals surface area contributed by atoms with E-state index in [0.29, 0.717) is 6.54 Å². The molecule has 0 bridgehead atoms. The van der Waals surface area contributed by atoms with Crippen LogP contribution in [-0.2, 0) is 12.8 Å². The molecule has 0 fully saturated rings. The minimum absolute atomic E-state index is 0.642. The van der Waals surface area contributed by atoms with Crippen molar-refractivity contribution in [1.82, 2.24) is 0 Å². The maximum Gasteiger partial charge on any atom is 0.126 e. The third kappa shape index (κ3) is 1.55. The summed E-state index contributed by atoms with van der Waals surface area (Å²) in [5.41, 5.74) is 7.96. The first-order chi connectivity index (χ1) is 6.85. The largest absolute Gasteiger partial charge is 0.497 e. The summed E-state index contributed by atoms with van der Waals surface area (Å²) >= 11 is 0. The van der Waals surface area contributed by atoms with Crippen LogP contribution in [0.25, 0.3) is 0 Å². The smallest absolute Gasteiger partial charge is 0.126 e. The van der Waals surface area contributed by atoms with E-state index in [9.17, 15) is 0 Å². The van der Waals surface area contributed by atoms with Crippen LogP contribution in [0, 0.1) is 0 Å². The van der Waals surface area contributed by atoms with Gasteiger partial charge in [0.2, 0.25) is 0 Å². The molecular formula is C11H15NO2. The number of hydrogen-bond acceptors (Lipinski definition) is 3. The second-order valence-electron chi connectivity index (χ2n) is 3.41. The van der Waals surface area contributed by atoms with Gasteiger partial charge in [-0.05, 0) is 30.7 Å². The van der Waals surface area contributed by atoms with E-state index in [0.717, 1.165) is 30.9 Å². The monoisotopic (exact) mass is 193 g/mol. The first-order valence-electron chi connectivity index (χ1n) is 4.88. The van der Waals surface area contributed by atoms with Gasteiger partial charge in [0.25, 0.3) is 0 Å². The third-order valence-corrected chi connectivity index (χ3v) is 2.48. The molecule has 14 heavy (non-hydrogen) atoms. The lowest BCUT2D eigenvalue weighted by Gasteiger charge is -2.09. The van der Waals surface area contributed by atoms with Gasteiger partial charge in [0.1, 0.15) is 11.5 Å². The highest BCUT2D eigenvalue weighted by molar-refractivity contribution is 5.49. The van der Waals surface area contributed by atoms with Crippen molar-refractivity contribution in [1.29, 1.82) is 0 Å². The van der Waals surface area contributed by atoms with E-state index in [2.05, 4.69) is 0 Å². The molecule has 2 rings (SSSR count). The van der Waals surface area contributed by atoms with E-state index in [1.54, 1.807) is 7.11 Å². The van der Waals surface area contributed by atoms with Crippen molar-refractivity contribution in [3.63, 3.8) is 0 Å². The fourth-order valence-electron chi connectivity index (χ4n) is 1.82. The zero-order valence-corrected chi connectivity index (χ0v) is 8.38. The fraction of sp³-hybridized carbons (Fsp3) is 0.455. The highest BCUT2D eigenvalue weighted by atomic mass is 16.5. The topological polar surface area (TPSA) is 44.5 Å². The number of methoxy groups -OCH3 is 1. The van der Waals surface area contributed by atoms with Gasteiger partial charge < -0.3 is 15.2 Å². The van der Waals surface area contributed by atoms with Gasteiger partial charge in [-0.3, -0.25) is 0 Å². The zero-order chi connectivity index (χ0) is 9.97. The Morgan fingerprint density at radius 1 is 1.50 bits per heavy atom. The highest BCUT2D eigenvalue weighted by Gasteiger charge is 2.17. The molecule has 0 radical (unpaired) electrons. The Morgan fingerprint density at radius 2 is 2.36 bits per heavy atom. The van der Waals surface area contributed by atoms with Gasteiger partial charge in [-0.2, -0.15) is 0 Å². The predicted molar refractivity (Wildman–Crippen MR) is 55.0 cm³/mol. The predicted octanol–water partition coefficient (Wildman–Crippen LogP) is 1.13. The number of hydrogen-bond donors (Lipinski definition) is 1. The summed E-state index contributed by atoms with van der Waals surface area (Å²) in [5.74, 6) is 1.92. The van der Waals surface area contributed by atoms with E-state index in [1.165, 1.54) is 11.1 Å². The normalized spacial score (nSPS) is 13.6. The lowest BCUT2D eigenvalue weighted by Crippen LogP contribution is -2.04. The maximum atomic E-state index is 5.57. The molecule has 0 amide bonds. The molecule has 0 saturated heterocycles. The van der Waals surface area contributed by atoms with Crippen molar-refractivity contribution in [2.75, 3.05) is 20.3 Å².